The van der Waals surface area contributed by atoms with Crippen LogP contribution in [0.2, 0.25) is 5.02 Å². The van der Waals surface area contributed by atoms with E-state index in [1.807, 2.05) is 11.8 Å². The molecule has 0 aromatic heterocycles. The summed E-state index contributed by atoms with van der Waals surface area (Å²) in [4.78, 5) is 13.9. The summed E-state index contributed by atoms with van der Waals surface area (Å²) in [5, 5.41) is 0.645. The molecule has 1 atom stereocenters. The fourth-order valence-electron chi connectivity index (χ4n) is 1.78. The minimum Gasteiger partial charge on any atom is -0.375 e. The monoisotopic (exact) mass is 239 g/mol. The number of nitrogens with zero attached hydrogens (tertiary/aromatic N) is 1. The number of halogens is 1. The molecule has 1 aromatic carbocycles. The van der Waals surface area contributed by atoms with Crippen LogP contribution in [0.3, 0.4) is 0 Å². The van der Waals surface area contributed by atoms with Gasteiger partial charge >= 0.3 is 0 Å². The van der Waals surface area contributed by atoms with E-state index in [4.69, 9.17) is 16.3 Å². The number of carbonyl (C=O) groups is 1. The molecule has 3 nitrogen and oxygen atoms in total. The SMILES string of the molecule is C[C@@H]1CN(C(=O)c2ccc(Cl)cc2)CCO1. The Morgan fingerprint density at radius 3 is 2.75 bits per heavy atom. The summed E-state index contributed by atoms with van der Waals surface area (Å²) in [6.07, 6.45) is 0.116. The number of morpholine rings is 1. The van der Waals surface area contributed by atoms with Gasteiger partial charge in [-0.3, -0.25) is 4.79 Å². The zero-order valence-electron chi connectivity index (χ0n) is 9.15. The van der Waals surface area contributed by atoms with Gasteiger partial charge < -0.3 is 9.64 Å². The van der Waals surface area contributed by atoms with Crippen molar-refractivity contribution < 1.29 is 9.53 Å². The molecule has 1 aromatic rings. The largest absolute Gasteiger partial charge is 0.375 e. The molecule has 1 amide bonds. The Morgan fingerprint density at radius 2 is 2.12 bits per heavy atom. The van der Waals surface area contributed by atoms with Crippen molar-refractivity contribution in [3.05, 3.63) is 34.9 Å². The molecule has 0 unspecified atom stereocenters. The second-order valence-corrected chi connectivity index (χ2v) is 4.38. The van der Waals surface area contributed by atoms with E-state index < -0.39 is 0 Å². The minimum absolute atomic E-state index is 0.0480. The molecule has 0 N–H and O–H groups in total. The van der Waals surface area contributed by atoms with Crippen LogP contribution in [0.1, 0.15) is 17.3 Å². The lowest BCUT2D eigenvalue weighted by atomic mass is 10.2. The van der Waals surface area contributed by atoms with Gasteiger partial charge in [-0.25, -0.2) is 0 Å². The lowest BCUT2D eigenvalue weighted by Gasteiger charge is -2.31. The van der Waals surface area contributed by atoms with Gasteiger partial charge in [-0.05, 0) is 31.2 Å². The summed E-state index contributed by atoms with van der Waals surface area (Å²) in [7, 11) is 0. The van der Waals surface area contributed by atoms with Crippen LogP contribution in [0, 0.1) is 0 Å². The summed E-state index contributed by atoms with van der Waals surface area (Å²) >= 11 is 5.78. The number of amides is 1. The van der Waals surface area contributed by atoms with E-state index >= 15 is 0 Å². The van der Waals surface area contributed by atoms with Gasteiger partial charge in [0, 0.05) is 23.7 Å². The molecule has 0 spiro atoms. The summed E-state index contributed by atoms with van der Waals surface area (Å²) < 4.78 is 5.40. The fraction of sp³-hybridized carbons (Fsp3) is 0.417. The lowest BCUT2D eigenvalue weighted by molar-refractivity contribution is -0.0124. The predicted molar refractivity (Wildman–Crippen MR) is 62.8 cm³/mol. The van der Waals surface area contributed by atoms with E-state index in [0.29, 0.717) is 30.3 Å². The van der Waals surface area contributed by atoms with Crippen LogP contribution < -0.4 is 0 Å². The molecule has 86 valence electrons. The summed E-state index contributed by atoms with van der Waals surface area (Å²) in [6, 6.07) is 6.98. The van der Waals surface area contributed by atoms with Crippen molar-refractivity contribution in [2.45, 2.75) is 13.0 Å². The molecule has 2 rings (SSSR count). The van der Waals surface area contributed by atoms with Gasteiger partial charge in [-0.2, -0.15) is 0 Å². The molecule has 16 heavy (non-hydrogen) atoms. The van der Waals surface area contributed by atoms with Crippen LogP contribution in [0.5, 0.6) is 0 Å². The molecule has 0 saturated carbocycles. The summed E-state index contributed by atoms with van der Waals surface area (Å²) in [5.41, 5.74) is 0.679. The number of hydrogen-bond acceptors (Lipinski definition) is 2. The molecule has 0 bridgehead atoms. The Morgan fingerprint density at radius 1 is 1.44 bits per heavy atom. The van der Waals surface area contributed by atoms with Crippen molar-refractivity contribution >= 4 is 17.5 Å². The molecule has 0 radical (unpaired) electrons. The van der Waals surface area contributed by atoms with Crippen molar-refractivity contribution in [1.82, 2.24) is 4.90 Å². The third-order valence-electron chi connectivity index (χ3n) is 2.62. The van der Waals surface area contributed by atoms with Crippen molar-refractivity contribution in [3.63, 3.8) is 0 Å². The van der Waals surface area contributed by atoms with Crippen LogP contribution in [-0.2, 0) is 4.74 Å². The number of ether oxygens (including phenoxy) is 1. The van der Waals surface area contributed by atoms with Crippen molar-refractivity contribution in [2.24, 2.45) is 0 Å². The van der Waals surface area contributed by atoms with Gasteiger partial charge in [-0.15, -0.1) is 0 Å². The number of rotatable bonds is 1. The molecular formula is C12H14ClNO2. The maximum atomic E-state index is 12.1. The number of hydrogen-bond donors (Lipinski definition) is 0. The molecule has 4 heteroatoms. The lowest BCUT2D eigenvalue weighted by Crippen LogP contribution is -2.44. The maximum absolute atomic E-state index is 12.1. The van der Waals surface area contributed by atoms with Gasteiger partial charge in [-0.1, -0.05) is 11.6 Å². The highest BCUT2D eigenvalue weighted by Gasteiger charge is 2.22. The van der Waals surface area contributed by atoms with E-state index in [9.17, 15) is 4.79 Å². The number of carbonyl (C=O) groups excluding carboxylic acids is 1. The zero-order valence-corrected chi connectivity index (χ0v) is 9.91. The molecular weight excluding hydrogens is 226 g/mol. The third-order valence-corrected chi connectivity index (χ3v) is 2.87. The second-order valence-electron chi connectivity index (χ2n) is 3.94. The Labute approximate surface area is 100.0 Å². The van der Waals surface area contributed by atoms with E-state index in [-0.39, 0.29) is 12.0 Å². The second kappa shape index (κ2) is 4.85. The first-order valence-electron chi connectivity index (χ1n) is 5.33. The van der Waals surface area contributed by atoms with Crippen LogP contribution in [-0.4, -0.2) is 36.6 Å². The summed E-state index contributed by atoms with van der Waals surface area (Å²) in [6.45, 7) is 3.90. The van der Waals surface area contributed by atoms with Crippen LogP contribution in [0.4, 0.5) is 0 Å². The molecule has 1 aliphatic heterocycles. The van der Waals surface area contributed by atoms with E-state index in [2.05, 4.69) is 0 Å². The first-order chi connectivity index (χ1) is 7.66. The molecule has 1 fully saturated rings. The van der Waals surface area contributed by atoms with Gasteiger partial charge in [0.05, 0.1) is 12.7 Å². The van der Waals surface area contributed by atoms with Crippen LogP contribution in [0.25, 0.3) is 0 Å². The van der Waals surface area contributed by atoms with E-state index in [1.165, 1.54) is 0 Å². The molecule has 1 aliphatic rings. The quantitative estimate of drug-likeness (QED) is 0.752. The van der Waals surface area contributed by atoms with Gasteiger partial charge in [0.25, 0.3) is 5.91 Å². The first kappa shape index (κ1) is 11.4. The third kappa shape index (κ3) is 2.54. The zero-order chi connectivity index (χ0) is 11.5. The van der Waals surface area contributed by atoms with Gasteiger partial charge in [0.1, 0.15) is 0 Å². The smallest absolute Gasteiger partial charge is 0.254 e. The topological polar surface area (TPSA) is 29.5 Å². The van der Waals surface area contributed by atoms with Crippen LogP contribution in [0.15, 0.2) is 24.3 Å². The van der Waals surface area contributed by atoms with Crippen molar-refractivity contribution in [1.29, 1.82) is 0 Å². The maximum Gasteiger partial charge on any atom is 0.254 e. The normalized spacial score (nSPS) is 20.9. The highest BCUT2D eigenvalue weighted by molar-refractivity contribution is 6.30. The Kier molecular flexibility index (Phi) is 3.46. The van der Waals surface area contributed by atoms with E-state index in [1.54, 1.807) is 24.3 Å². The Hall–Kier alpha value is -1.06. The van der Waals surface area contributed by atoms with Crippen molar-refractivity contribution in [2.75, 3.05) is 19.7 Å². The van der Waals surface area contributed by atoms with Gasteiger partial charge in [0.2, 0.25) is 0 Å². The Bertz CT molecular complexity index is 377. The highest BCUT2D eigenvalue weighted by Crippen LogP contribution is 2.13. The highest BCUT2D eigenvalue weighted by atomic mass is 35.5. The van der Waals surface area contributed by atoms with Crippen LogP contribution >= 0.6 is 11.6 Å². The van der Waals surface area contributed by atoms with Gasteiger partial charge in [0.15, 0.2) is 0 Å². The minimum atomic E-state index is 0.0480. The predicted octanol–water partition coefficient (Wildman–Crippen LogP) is 2.20. The standard InChI is InChI=1S/C12H14ClNO2/c1-9-8-14(6-7-16-9)12(15)10-2-4-11(13)5-3-10/h2-5,9H,6-8H2,1H3/t9-/m1/s1. The molecule has 1 saturated heterocycles. The average molecular weight is 240 g/mol. The average Bonchev–Trinajstić information content (AvgIpc) is 2.29. The summed E-state index contributed by atoms with van der Waals surface area (Å²) in [5.74, 6) is 0.0480. The molecule has 1 heterocycles. The van der Waals surface area contributed by atoms with Crippen molar-refractivity contribution in [3.8, 4) is 0 Å². The fourth-order valence-corrected chi connectivity index (χ4v) is 1.90. The first-order valence-corrected chi connectivity index (χ1v) is 5.71. The number of benzene rings is 1. The van der Waals surface area contributed by atoms with E-state index in [0.717, 1.165) is 0 Å². The Balaban J connectivity index is 2.09. The molecule has 0 aliphatic carbocycles.